The Balaban J connectivity index is 2.10. The second-order valence-electron chi connectivity index (χ2n) is 5.21. The Bertz CT molecular complexity index is 497. The van der Waals surface area contributed by atoms with Crippen molar-refractivity contribution in [1.29, 1.82) is 0 Å². The number of hydrogen-bond acceptors (Lipinski definition) is 4. The van der Waals surface area contributed by atoms with Gasteiger partial charge in [0.25, 0.3) is 0 Å². The second kappa shape index (κ2) is 6.45. The number of nitrogens with two attached hydrogens (primary N) is 1. The fourth-order valence-electron chi connectivity index (χ4n) is 2.60. The van der Waals surface area contributed by atoms with Crippen LogP contribution in [0.4, 0.5) is 5.69 Å². The van der Waals surface area contributed by atoms with Gasteiger partial charge in [-0.2, -0.15) is 0 Å². The molecule has 0 radical (unpaired) electrons. The Morgan fingerprint density at radius 3 is 2.60 bits per heavy atom. The molecule has 20 heavy (non-hydrogen) atoms. The first kappa shape index (κ1) is 15.1. The molecule has 6 heteroatoms. The number of aliphatic hydroxyl groups is 1. The van der Waals surface area contributed by atoms with Gasteiger partial charge >= 0.3 is 0 Å². The predicted molar refractivity (Wildman–Crippen MR) is 83.3 cm³/mol. The van der Waals surface area contributed by atoms with Gasteiger partial charge in [0.05, 0.1) is 6.10 Å². The lowest BCUT2D eigenvalue weighted by molar-refractivity contribution is 0.110. The van der Waals surface area contributed by atoms with Crippen molar-refractivity contribution in [3.63, 3.8) is 0 Å². The first-order valence-corrected chi connectivity index (χ1v) is 7.52. The molecule has 5 nitrogen and oxygen atoms in total. The maximum absolute atomic E-state index is 9.63. The molecule has 1 aromatic rings. The van der Waals surface area contributed by atoms with Crippen LogP contribution in [0.25, 0.3) is 0 Å². The van der Waals surface area contributed by atoms with Gasteiger partial charge in [-0.1, -0.05) is 5.16 Å². The van der Waals surface area contributed by atoms with Gasteiger partial charge in [0.1, 0.15) is 0 Å². The number of oxime groups is 1. The van der Waals surface area contributed by atoms with Gasteiger partial charge in [0.15, 0.2) is 5.84 Å². The van der Waals surface area contributed by atoms with Crippen molar-refractivity contribution in [1.82, 2.24) is 0 Å². The maximum atomic E-state index is 9.63. The zero-order chi connectivity index (χ0) is 14.7. The minimum absolute atomic E-state index is 0.0937. The van der Waals surface area contributed by atoms with Crippen LogP contribution in [0.1, 0.15) is 25.3 Å². The monoisotopic (exact) mass is 341 g/mol. The molecule has 1 heterocycles. The maximum Gasteiger partial charge on any atom is 0.171 e. The topological polar surface area (TPSA) is 82.1 Å². The molecule has 1 aliphatic heterocycles. The van der Waals surface area contributed by atoms with Crippen molar-refractivity contribution in [2.75, 3.05) is 18.0 Å². The summed E-state index contributed by atoms with van der Waals surface area (Å²) >= 11 is 3.45. The second-order valence-corrected chi connectivity index (χ2v) is 6.07. The summed E-state index contributed by atoms with van der Waals surface area (Å²) in [6.07, 6.45) is 1.76. The Morgan fingerprint density at radius 2 is 2.10 bits per heavy atom. The van der Waals surface area contributed by atoms with E-state index in [2.05, 4.69) is 26.0 Å². The standard InChI is InChI=1S/C14H20BrN3O2/c1-9(19)10-4-6-18(7-5-10)11-2-3-12(13(15)8-11)14(16)17-20/h2-3,8-10,19-20H,4-7H2,1H3,(H2,16,17). The Kier molecular flexibility index (Phi) is 4.88. The van der Waals surface area contributed by atoms with Crippen molar-refractivity contribution < 1.29 is 10.3 Å². The molecular formula is C14H20BrN3O2. The van der Waals surface area contributed by atoms with Gasteiger partial charge in [-0.3, -0.25) is 0 Å². The Labute approximate surface area is 127 Å². The third kappa shape index (κ3) is 3.24. The first-order chi connectivity index (χ1) is 9.52. The van der Waals surface area contributed by atoms with Crippen LogP contribution in [-0.4, -0.2) is 35.3 Å². The van der Waals surface area contributed by atoms with E-state index >= 15 is 0 Å². The van der Waals surface area contributed by atoms with Crippen LogP contribution in [0, 0.1) is 5.92 Å². The zero-order valence-electron chi connectivity index (χ0n) is 11.5. The SMILES string of the molecule is CC(O)C1CCN(c2ccc(/C(N)=N/O)c(Br)c2)CC1. The molecule has 0 bridgehead atoms. The van der Waals surface area contributed by atoms with Gasteiger partial charge < -0.3 is 20.9 Å². The highest BCUT2D eigenvalue weighted by molar-refractivity contribution is 9.10. The van der Waals surface area contributed by atoms with Crippen LogP contribution in [0.3, 0.4) is 0 Å². The number of amidine groups is 1. The molecule has 0 spiro atoms. The quantitative estimate of drug-likeness (QED) is 0.340. The summed E-state index contributed by atoms with van der Waals surface area (Å²) in [6.45, 7) is 3.73. The largest absolute Gasteiger partial charge is 0.409 e. The van der Waals surface area contributed by atoms with Gasteiger partial charge in [-0.25, -0.2) is 0 Å². The Morgan fingerprint density at radius 1 is 1.45 bits per heavy atom. The lowest BCUT2D eigenvalue weighted by Crippen LogP contribution is -2.37. The molecule has 1 fully saturated rings. The molecule has 0 aliphatic carbocycles. The average molecular weight is 342 g/mol. The molecule has 4 N–H and O–H groups in total. The van der Waals surface area contributed by atoms with Gasteiger partial charge in [0, 0.05) is 28.8 Å². The van der Waals surface area contributed by atoms with Crippen molar-refractivity contribution in [2.24, 2.45) is 16.8 Å². The molecule has 1 atom stereocenters. The van der Waals surface area contributed by atoms with Gasteiger partial charge in [0.2, 0.25) is 0 Å². The lowest BCUT2D eigenvalue weighted by atomic mass is 9.92. The van der Waals surface area contributed by atoms with Crippen LogP contribution in [-0.2, 0) is 0 Å². The van der Waals surface area contributed by atoms with Crippen LogP contribution in [0.5, 0.6) is 0 Å². The average Bonchev–Trinajstić information content (AvgIpc) is 2.46. The van der Waals surface area contributed by atoms with E-state index in [4.69, 9.17) is 10.9 Å². The summed E-state index contributed by atoms with van der Waals surface area (Å²) in [6, 6.07) is 5.80. The smallest absolute Gasteiger partial charge is 0.171 e. The van der Waals surface area contributed by atoms with E-state index in [1.54, 1.807) is 0 Å². The number of piperidine rings is 1. The van der Waals surface area contributed by atoms with Crippen molar-refractivity contribution in [3.05, 3.63) is 28.2 Å². The van der Waals surface area contributed by atoms with Gasteiger partial charge in [-0.15, -0.1) is 0 Å². The summed E-state index contributed by atoms with van der Waals surface area (Å²) in [5, 5.41) is 21.4. The summed E-state index contributed by atoms with van der Waals surface area (Å²) in [4.78, 5) is 2.29. The molecule has 1 unspecified atom stereocenters. The molecule has 2 rings (SSSR count). The fourth-order valence-corrected chi connectivity index (χ4v) is 3.17. The van der Waals surface area contributed by atoms with E-state index in [1.165, 1.54) is 0 Å². The highest BCUT2D eigenvalue weighted by atomic mass is 79.9. The normalized spacial score (nSPS) is 19.1. The minimum Gasteiger partial charge on any atom is -0.409 e. The zero-order valence-corrected chi connectivity index (χ0v) is 13.0. The number of benzene rings is 1. The van der Waals surface area contributed by atoms with E-state index in [1.807, 2.05) is 25.1 Å². The van der Waals surface area contributed by atoms with Crippen LogP contribution in [0.15, 0.2) is 27.8 Å². The van der Waals surface area contributed by atoms with Crippen LogP contribution >= 0.6 is 15.9 Å². The number of rotatable bonds is 3. The van der Waals surface area contributed by atoms with Crippen molar-refractivity contribution in [3.8, 4) is 0 Å². The van der Waals surface area contributed by atoms with E-state index in [9.17, 15) is 5.11 Å². The summed E-state index contributed by atoms with van der Waals surface area (Å²) < 4.78 is 0.808. The van der Waals surface area contributed by atoms with Gasteiger partial charge in [-0.05, 0) is 59.8 Å². The Hall–Kier alpha value is -1.27. The van der Waals surface area contributed by atoms with E-state index in [0.717, 1.165) is 36.1 Å². The van der Waals surface area contributed by atoms with E-state index in [-0.39, 0.29) is 11.9 Å². The highest BCUT2D eigenvalue weighted by Gasteiger charge is 2.23. The molecule has 1 aromatic carbocycles. The van der Waals surface area contributed by atoms with Crippen molar-refractivity contribution in [2.45, 2.75) is 25.9 Å². The first-order valence-electron chi connectivity index (χ1n) is 6.73. The van der Waals surface area contributed by atoms with E-state index in [0.29, 0.717) is 11.5 Å². The van der Waals surface area contributed by atoms with Crippen LogP contribution in [0.2, 0.25) is 0 Å². The summed E-state index contributed by atoms with van der Waals surface area (Å²) in [7, 11) is 0. The molecule has 110 valence electrons. The predicted octanol–water partition coefficient (Wildman–Crippen LogP) is 2.14. The van der Waals surface area contributed by atoms with E-state index < -0.39 is 0 Å². The number of aliphatic hydroxyl groups excluding tert-OH is 1. The molecule has 1 aliphatic rings. The fraction of sp³-hybridized carbons (Fsp3) is 0.500. The number of anilines is 1. The van der Waals surface area contributed by atoms with Crippen molar-refractivity contribution >= 4 is 27.5 Å². The highest BCUT2D eigenvalue weighted by Crippen LogP contribution is 2.28. The lowest BCUT2D eigenvalue weighted by Gasteiger charge is -2.35. The van der Waals surface area contributed by atoms with Crippen LogP contribution < -0.4 is 10.6 Å². The molecule has 0 aromatic heterocycles. The minimum atomic E-state index is -0.230. The third-order valence-electron chi connectivity index (χ3n) is 3.92. The molecular weight excluding hydrogens is 322 g/mol. The molecule has 0 amide bonds. The molecule has 1 saturated heterocycles. The summed E-state index contributed by atoms with van der Waals surface area (Å²) in [5.74, 6) is 0.488. The third-order valence-corrected chi connectivity index (χ3v) is 4.58. The number of hydrogen-bond donors (Lipinski definition) is 3. The summed E-state index contributed by atoms with van der Waals surface area (Å²) in [5.41, 5.74) is 7.39. The number of nitrogens with zero attached hydrogens (tertiary/aromatic N) is 2. The molecule has 0 saturated carbocycles. The number of halogens is 1.